The van der Waals surface area contributed by atoms with Crippen LogP contribution in [0.15, 0.2) is 20.0 Å². The van der Waals surface area contributed by atoms with Crippen molar-refractivity contribution in [3.05, 3.63) is 0 Å². The van der Waals surface area contributed by atoms with Gasteiger partial charge >= 0.3 is 0 Å². The minimum atomic E-state index is 0. The SMILES string of the molecule is CCCN=CC=NCCC.CN=CC=NC.[Cu]. The average molecular weight is 288 g/mol. The van der Waals surface area contributed by atoms with Gasteiger partial charge in [-0.1, -0.05) is 13.8 Å². The Balaban J connectivity index is -0.000000244. The van der Waals surface area contributed by atoms with E-state index in [0.29, 0.717) is 0 Å². The van der Waals surface area contributed by atoms with E-state index in [-0.39, 0.29) is 17.1 Å². The quantitative estimate of drug-likeness (QED) is 0.532. The fraction of sp³-hybridized carbons (Fsp3) is 0.667. The van der Waals surface area contributed by atoms with Gasteiger partial charge in [-0.05, 0) is 12.8 Å². The van der Waals surface area contributed by atoms with Crippen LogP contribution in [-0.2, 0) is 17.1 Å². The molecule has 0 fully saturated rings. The monoisotopic (exact) mass is 287 g/mol. The molecule has 5 heteroatoms. The summed E-state index contributed by atoms with van der Waals surface area (Å²) in [7, 11) is 3.42. The molecular formula is C12H24CuN4. The van der Waals surface area contributed by atoms with E-state index >= 15 is 0 Å². The maximum atomic E-state index is 4.09. The third-order valence-electron chi connectivity index (χ3n) is 1.35. The molecule has 0 heterocycles. The summed E-state index contributed by atoms with van der Waals surface area (Å²) in [6.45, 7) is 6.05. The first-order valence-corrected chi connectivity index (χ1v) is 5.64. The Hall–Kier alpha value is -0.801. The van der Waals surface area contributed by atoms with Crippen LogP contribution in [0.4, 0.5) is 0 Å². The molecule has 0 aliphatic rings. The molecule has 1 radical (unpaired) electrons. The second kappa shape index (κ2) is 24.4. The molecule has 17 heavy (non-hydrogen) atoms. The van der Waals surface area contributed by atoms with Crippen LogP contribution in [0, 0.1) is 0 Å². The van der Waals surface area contributed by atoms with Gasteiger partial charge in [-0.2, -0.15) is 0 Å². The van der Waals surface area contributed by atoms with Gasteiger partial charge in [0, 0.05) is 69.1 Å². The molecule has 0 spiro atoms. The Labute approximate surface area is 116 Å². The van der Waals surface area contributed by atoms with E-state index in [1.54, 1.807) is 39.0 Å². The van der Waals surface area contributed by atoms with Crippen LogP contribution < -0.4 is 0 Å². The predicted octanol–water partition coefficient (Wildman–Crippen LogP) is 2.33. The van der Waals surface area contributed by atoms with Gasteiger partial charge in [0.1, 0.15) is 0 Å². The zero-order chi connectivity index (χ0) is 12.5. The summed E-state index contributed by atoms with van der Waals surface area (Å²) in [5, 5.41) is 0. The first-order valence-electron chi connectivity index (χ1n) is 5.64. The molecule has 0 saturated heterocycles. The molecule has 0 aromatic heterocycles. The van der Waals surface area contributed by atoms with Gasteiger partial charge in [0.2, 0.25) is 0 Å². The number of hydrogen-bond acceptors (Lipinski definition) is 4. The summed E-state index contributed by atoms with van der Waals surface area (Å²) in [4.78, 5) is 15.5. The fourth-order valence-corrected chi connectivity index (χ4v) is 0.635. The molecule has 0 rings (SSSR count). The van der Waals surface area contributed by atoms with Crippen LogP contribution in [0.1, 0.15) is 26.7 Å². The molecule has 0 unspecified atom stereocenters. The Morgan fingerprint density at radius 3 is 1.29 bits per heavy atom. The van der Waals surface area contributed by atoms with Crippen LogP contribution in [0.2, 0.25) is 0 Å². The maximum absolute atomic E-state index is 4.09. The summed E-state index contributed by atoms with van der Waals surface area (Å²) in [5.41, 5.74) is 0. The van der Waals surface area contributed by atoms with Crippen molar-refractivity contribution in [2.24, 2.45) is 20.0 Å². The minimum absolute atomic E-state index is 0. The zero-order valence-electron chi connectivity index (χ0n) is 11.2. The van der Waals surface area contributed by atoms with Gasteiger partial charge in [-0.3, -0.25) is 20.0 Å². The topological polar surface area (TPSA) is 49.4 Å². The van der Waals surface area contributed by atoms with Gasteiger partial charge in [-0.15, -0.1) is 0 Å². The third-order valence-corrected chi connectivity index (χ3v) is 1.35. The minimum Gasteiger partial charge on any atom is -0.295 e. The van der Waals surface area contributed by atoms with Crippen molar-refractivity contribution in [1.82, 2.24) is 0 Å². The summed E-state index contributed by atoms with van der Waals surface area (Å²) in [6, 6.07) is 0. The summed E-state index contributed by atoms with van der Waals surface area (Å²) < 4.78 is 0. The Morgan fingerprint density at radius 2 is 1.06 bits per heavy atom. The van der Waals surface area contributed by atoms with Crippen molar-refractivity contribution in [1.29, 1.82) is 0 Å². The molecule has 0 aromatic carbocycles. The molecule has 0 amide bonds. The van der Waals surface area contributed by atoms with Crippen molar-refractivity contribution in [2.75, 3.05) is 27.2 Å². The standard InChI is InChI=1S/C8H16N2.C4H8N2.Cu/c1-3-5-9-7-8-10-6-4-2;1-5-3-4-6-2;/h7-8H,3-6H2,1-2H3;3-4H,1-2H3;. The molecule has 0 bridgehead atoms. The Bertz CT molecular complexity index is 199. The maximum Gasteiger partial charge on any atom is 0.0390 e. The second-order valence-corrected chi connectivity index (χ2v) is 2.93. The van der Waals surface area contributed by atoms with Crippen LogP contribution in [-0.4, -0.2) is 52.0 Å². The van der Waals surface area contributed by atoms with Crippen molar-refractivity contribution in [3.8, 4) is 0 Å². The second-order valence-electron chi connectivity index (χ2n) is 2.93. The van der Waals surface area contributed by atoms with Crippen molar-refractivity contribution >= 4 is 24.9 Å². The normalized spacial score (nSPS) is 11.1. The van der Waals surface area contributed by atoms with E-state index in [4.69, 9.17) is 0 Å². The molecule has 0 aliphatic heterocycles. The van der Waals surface area contributed by atoms with Gasteiger partial charge in [-0.25, -0.2) is 0 Å². The van der Waals surface area contributed by atoms with Gasteiger partial charge in [0.15, 0.2) is 0 Å². The number of rotatable bonds is 6. The van der Waals surface area contributed by atoms with E-state index in [0.717, 1.165) is 25.9 Å². The van der Waals surface area contributed by atoms with Crippen molar-refractivity contribution in [2.45, 2.75) is 26.7 Å². The first kappa shape index (κ1) is 21.5. The van der Waals surface area contributed by atoms with Crippen LogP contribution >= 0.6 is 0 Å². The van der Waals surface area contributed by atoms with Crippen LogP contribution in [0.25, 0.3) is 0 Å². The molecule has 0 saturated carbocycles. The smallest absolute Gasteiger partial charge is 0.0390 e. The first-order chi connectivity index (χ1) is 7.83. The molecule has 0 atom stereocenters. The van der Waals surface area contributed by atoms with E-state index < -0.39 is 0 Å². The Kier molecular flexibility index (Phi) is 30.9. The van der Waals surface area contributed by atoms with Crippen LogP contribution in [0.5, 0.6) is 0 Å². The summed E-state index contributed by atoms with van der Waals surface area (Å²) in [5.74, 6) is 0. The fourth-order valence-electron chi connectivity index (χ4n) is 0.635. The zero-order valence-corrected chi connectivity index (χ0v) is 12.2. The molecule has 0 N–H and O–H groups in total. The van der Waals surface area contributed by atoms with E-state index in [1.165, 1.54) is 0 Å². The average Bonchev–Trinajstić information content (AvgIpc) is 2.32. The van der Waals surface area contributed by atoms with Gasteiger partial charge < -0.3 is 0 Å². The van der Waals surface area contributed by atoms with Gasteiger partial charge in [0.05, 0.1) is 0 Å². The number of nitrogens with zero attached hydrogens (tertiary/aromatic N) is 4. The largest absolute Gasteiger partial charge is 0.295 e. The van der Waals surface area contributed by atoms with Crippen LogP contribution in [0.3, 0.4) is 0 Å². The van der Waals surface area contributed by atoms with Crippen molar-refractivity contribution < 1.29 is 17.1 Å². The third kappa shape index (κ3) is 31.3. The van der Waals surface area contributed by atoms with E-state index in [9.17, 15) is 0 Å². The molecule has 0 aromatic rings. The molecule has 103 valence electrons. The number of hydrogen-bond donors (Lipinski definition) is 0. The van der Waals surface area contributed by atoms with E-state index in [2.05, 4.69) is 33.8 Å². The van der Waals surface area contributed by atoms with E-state index in [1.807, 2.05) is 0 Å². The number of aliphatic imine (C=N–C) groups is 4. The molecule has 0 aliphatic carbocycles. The summed E-state index contributed by atoms with van der Waals surface area (Å²) >= 11 is 0. The molecule has 4 nitrogen and oxygen atoms in total. The van der Waals surface area contributed by atoms with Gasteiger partial charge in [0.25, 0.3) is 0 Å². The Morgan fingerprint density at radius 1 is 0.706 bits per heavy atom. The van der Waals surface area contributed by atoms with Crippen molar-refractivity contribution in [3.63, 3.8) is 0 Å². The molecular weight excluding hydrogens is 264 g/mol. The predicted molar refractivity (Wildman–Crippen MR) is 76.1 cm³/mol. The summed E-state index contributed by atoms with van der Waals surface area (Å²) in [6.07, 6.45) is 9.05.